The summed E-state index contributed by atoms with van der Waals surface area (Å²) in [6, 6.07) is 18.7. The van der Waals surface area contributed by atoms with E-state index in [2.05, 4.69) is 51.5 Å². The molecule has 1 aliphatic rings. The molecule has 24 heavy (non-hydrogen) atoms. The quantitative estimate of drug-likeness (QED) is 0.742. The molecule has 0 N–H and O–H groups in total. The molecule has 2 aromatic carbocycles. The second-order valence-corrected chi connectivity index (χ2v) is 5.95. The lowest BCUT2D eigenvalue weighted by molar-refractivity contribution is 0.696. The van der Waals surface area contributed by atoms with E-state index in [9.17, 15) is 0 Å². The number of fused-ring (bicyclic) bond motifs is 1. The second kappa shape index (κ2) is 6.28. The van der Waals surface area contributed by atoms with Crippen LogP contribution in [0, 0.1) is 0 Å². The van der Waals surface area contributed by atoms with Crippen molar-refractivity contribution in [3.8, 4) is 0 Å². The Bertz CT molecular complexity index is 834. The SMILES string of the molecule is CN(c1ccccc1)c1cnnc(N2CCc3ccccc3C2)n1. The predicted molar refractivity (Wildman–Crippen MR) is 95.5 cm³/mol. The van der Waals surface area contributed by atoms with Crippen molar-refractivity contribution >= 4 is 17.5 Å². The van der Waals surface area contributed by atoms with Crippen LogP contribution in [0.5, 0.6) is 0 Å². The first-order chi connectivity index (χ1) is 11.8. The van der Waals surface area contributed by atoms with Crippen molar-refractivity contribution in [2.24, 2.45) is 0 Å². The summed E-state index contributed by atoms with van der Waals surface area (Å²) in [5.41, 5.74) is 3.83. The van der Waals surface area contributed by atoms with E-state index in [1.807, 2.05) is 30.1 Å². The van der Waals surface area contributed by atoms with Crippen molar-refractivity contribution in [2.45, 2.75) is 13.0 Å². The molecule has 0 spiro atoms. The van der Waals surface area contributed by atoms with Gasteiger partial charge in [-0.25, -0.2) is 0 Å². The predicted octanol–water partition coefficient (Wildman–Crippen LogP) is 3.20. The van der Waals surface area contributed by atoms with E-state index < -0.39 is 0 Å². The van der Waals surface area contributed by atoms with Crippen LogP contribution >= 0.6 is 0 Å². The van der Waals surface area contributed by atoms with Gasteiger partial charge in [0.05, 0.1) is 6.20 Å². The van der Waals surface area contributed by atoms with Gasteiger partial charge in [-0.3, -0.25) is 0 Å². The fraction of sp³-hybridized carbons (Fsp3) is 0.211. The fourth-order valence-electron chi connectivity index (χ4n) is 3.03. The topological polar surface area (TPSA) is 45.2 Å². The monoisotopic (exact) mass is 317 g/mol. The number of para-hydroxylation sites is 1. The van der Waals surface area contributed by atoms with E-state index in [0.29, 0.717) is 5.95 Å². The van der Waals surface area contributed by atoms with Crippen molar-refractivity contribution in [1.82, 2.24) is 15.2 Å². The minimum Gasteiger partial charge on any atom is -0.335 e. The highest BCUT2D eigenvalue weighted by molar-refractivity contribution is 5.59. The normalized spacial score (nSPS) is 13.5. The molecule has 0 fully saturated rings. The summed E-state index contributed by atoms with van der Waals surface area (Å²) in [4.78, 5) is 8.94. The molecule has 0 amide bonds. The fourth-order valence-corrected chi connectivity index (χ4v) is 3.03. The molecule has 1 aliphatic heterocycles. The van der Waals surface area contributed by atoms with Crippen LogP contribution in [0.4, 0.5) is 17.5 Å². The minimum atomic E-state index is 0.685. The van der Waals surface area contributed by atoms with Gasteiger partial charge in [0.2, 0.25) is 5.95 Å². The Balaban J connectivity index is 1.60. The Hall–Kier alpha value is -2.95. The third-order valence-electron chi connectivity index (χ3n) is 4.44. The Kier molecular flexibility index (Phi) is 3.83. The number of nitrogens with zero attached hydrogens (tertiary/aromatic N) is 5. The molecule has 0 unspecified atom stereocenters. The van der Waals surface area contributed by atoms with Gasteiger partial charge >= 0.3 is 0 Å². The molecule has 2 heterocycles. The van der Waals surface area contributed by atoms with Gasteiger partial charge in [-0.1, -0.05) is 42.5 Å². The van der Waals surface area contributed by atoms with Crippen LogP contribution in [0.3, 0.4) is 0 Å². The number of anilines is 3. The van der Waals surface area contributed by atoms with E-state index in [-0.39, 0.29) is 0 Å². The van der Waals surface area contributed by atoms with Crippen LogP contribution in [0.2, 0.25) is 0 Å². The molecular weight excluding hydrogens is 298 g/mol. The lowest BCUT2D eigenvalue weighted by Gasteiger charge is -2.29. The smallest absolute Gasteiger partial charge is 0.247 e. The van der Waals surface area contributed by atoms with Gasteiger partial charge in [-0.2, -0.15) is 10.1 Å². The van der Waals surface area contributed by atoms with E-state index in [0.717, 1.165) is 31.0 Å². The lowest BCUT2D eigenvalue weighted by Crippen LogP contribution is -2.32. The van der Waals surface area contributed by atoms with E-state index in [4.69, 9.17) is 4.98 Å². The summed E-state index contributed by atoms with van der Waals surface area (Å²) in [7, 11) is 1.99. The van der Waals surface area contributed by atoms with Crippen LogP contribution in [0.25, 0.3) is 0 Å². The summed E-state index contributed by atoms with van der Waals surface area (Å²) in [5.74, 6) is 1.48. The van der Waals surface area contributed by atoms with Crippen molar-refractivity contribution in [2.75, 3.05) is 23.4 Å². The number of hydrogen-bond donors (Lipinski definition) is 0. The highest BCUT2D eigenvalue weighted by Crippen LogP contribution is 2.25. The van der Waals surface area contributed by atoms with Gasteiger partial charge in [-0.15, -0.1) is 5.10 Å². The Morgan fingerprint density at radius 2 is 1.71 bits per heavy atom. The van der Waals surface area contributed by atoms with E-state index in [1.165, 1.54) is 11.1 Å². The molecule has 5 heteroatoms. The third-order valence-corrected chi connectivity index (χ3v) is 4.44. The Morgan fingerprint density at radius 3 is 2.54 bits per heavy atom. The lowest BCUT2D eigenvalue weighted by atomic mass is 10.0. The third kappa shape index (κ3) is 2.80. The van der Waals surface area contributed by atoms with Crippen molar-refractivity contribution < 1.29 is 0 Å². The molecule has 0 saturated carbocycles. The van der Waals surface area contributed by atoms with Crippen LogP contribution < -0.4 is 9.80 Å². The second-order valence-electron chi connectivity index (χ2n) is 5.95. The summed E-state index contributed by atoms with van der Waals surface area (Å²) >= 11 is 0. The first kappa shape index (κ1) is 14.6. The average Bonchev–Trinajstić information content (AvgIpc) is 2.68. The first-order valence-corrected chi connectivity index (χ1v) is 8.11. The van der Waals surface area contributed by atoms with Gasteiger partial charge in [0, 0.05) is 25.8 Å². The number of aromatic nitrogens is 3. The summed E-state index contributed by atoms with van der Waals surface area (Å²) in [6.45, 7) is 1.74. The molecule has 120 valence electrons. The summed E-state index contributed by atoms with van der Waals surface area (Å²) < 4.78 is 0. The molecule has 3 aromatic rings. The van der Waals surface area contributed by atoms with Crippen LogP contribution in [-0.2, 0) is 13.0 Å². The molecule has 0 aliphatic carbocycles. The Labute approximate surface area is 141 Å². The number of benzene rings is 2. The van der Waals surface area contributed by atoms with Gasteiger partial charge in [0.25, 0.3) is 0 Å². The van der Waals surface area contributed by atoms with Gasteiger partial charge in [0.1, 0.15) is 0 Å². The minimum absolute atomic E-state index is 0.685. The molecule has 0 radical (unpaired) electrons. The molecule has 5 nitrogen and oxygen atoms in total. The Morgan fingerprint density at radius 1 is 0.958 bits per heavy atom. The van der Waals surface area contributed by atoms with Gasteiger partial charge < -0.3 is 9.80 Å². The molecule has 1 aromatic heterocycles. The highest BCUT2D eigenvalue weighted by Gasteiger charge is 2.19. The number of hydrogen-bond acceptors (Lipinski definition) is 5. The molecule has 0 saturated heterocycles. The summed E-state index contributed by atoms with van der Waals surface area (Å²) in [5, 5.41) is 8.42. The largest absolute Gasteiger partial charge is 0.335 e. The maximum Gasteiger partial charge on any atom is 0.247 e. The van der Waals surface area contributed by atoms with Crippen molar-refractivity contribution in [1.29, 1.82) is 0 Å². The highest BCUT2D eigenvalue weighted by atomic mass is 15.3. The zero-order chi connectivity index (χ0) is 16.4. The zero-order valence-electron chi connectivity index (χ0n) is 13.6. The zero-order valence-corrected chi connectivity index (χ0v) is 13.6. The number of rotatable bonds is 3. The average molecular weight is 317 g/mol. The van der Waals surface area contributed by atoms with Crippen LogP contribution in [-0.4, -0.2) is 28.8 Å². The van der Waals surface area contributed by atoms with Crippen LogP contribution in [0.1, 0.15) is 11.1 Å². The molecule has 0 bridgehead atoms. The summed E-state index contributed by atoms with van der Waals surface area (Å²) in [6.07, 6.45) is 2.71. The molecule has 0 atom stereocenters. The van der Waals surface area contributed by atoms with Gasteiger partial charge in [0.15, 0.2) is 5.82 Å². The van der Waals surface area contributed by atoms with Crippen molar-refractivity contribution in [3.63, 3.8) is 0 Å². The standard InChI is InChI=1S/C19H19N5/c1-23(17-9-3-2-4-10-17)18-13-20-22-19(21-18)24-12-11-15-7-5-6-8-16(15)14-24/h2-10,13H,11-12,14H2,1H3. The molecule has 4 rings (SSSR count). The van der Waals surface area contributed by atoms with E-state index in [1.54, 1.807) is 6.20 Å². The van der Waals surface area contributed by atoms with Crippen molar-refractivity contribution in [3.05, 3.63) is 71.9 Å². The van der Waals surface area contributed by atoms with Crippen LogP contribution in [0.15, 0.2) is 60.8 Å². The molecular formula is C19H19N5. The van der Waals surface area contributed by atoms with E-state index >= 15 is 0 Å². The maximum absolute atomic E-state index is 4.72. The van der Waals surface area contributed by atoms with Gasteiger partial charge in [-0.05, 0) is 29.7 Å². The maximum atomic E-state index is 4.72. The first-order valence-electron chi connectivity index (χ1n) is 8.11.